The second-order valence-electron chi connectivity index (χ2n) is 5.77. The van der Waals surface area contributed by atoms with Crippen LogP contribution >= 0.6 is 0 Å². The first kappa shape index (κ1) is 16.7. The van der Waals surface area contributed by atoms with Gasteiger partial charge in [0.15, 0.2) is 0 Å². The minimum atomic E-state index is -4.27. The molecular weight excluding hydrogens is 311 g/mol. The molecule has 124 valence electrons. The fraction of sp³-hybridized carbons (Fsp3) is 0.692. The summed E-state index contributed by atoms with van der Waals surface area (Å²) in [5.41, 5.74) is -1.21. The number of hydrogen-bond acceptors (Lipinski definition) is 2. The Balaban J connectivity index is 2.20. The van der Waals surface area contributed by atoms with E-state index in [1.165, 1.54) is 6.92 Å². The molecule has 0 saturated heterocycles. The average Bonchev–Trinajstić information content (AvgIpc) is 2.57. The van der Waals surface area contributed by atoms with Gasteiger partial charge in [0.2, 0.25) is 0 Å². The van der Waals surface area contributed by atoms with Crippen molar-refractivity contribution in [3.05, 3.63) is 17.0 Å². The number of halogens is 5. The summed E-state index contributed by atoms with van der Waals surface area (Å²) in [6.07, 6.45) is -4.55. The van der Waals surface area contributed by atoms with Crippen LogP contribution in [0.2, 0.25) is 0 Å². The van der Waals surface area contributed by atoms with Crippen molar-refractivity contribution in [2.24, 2.45) is 11.8 Å². The van der Waals surface area contributed by atoms with Crippen LogP contribution < -0.4 is 0 Å². The Labute approximate surface area is 122 Å². The standard InChI is InChI=1S/C13H15F5N2O2/c1-6-9(11(21)22)20(19-10(6)12(2,14)15)5-7-3-8(4-7)13(16,17)18/h7-8H,3-5H2,1-2H3,(H,21,22). The lowest BCUT2D eigenvalue weighted by Crippen LogP contribution is -2.38. The van der Waals surface area contributed by atoms with Gasteiger partial charge in [-0.25, -0.2) is 4.79 Å². The quantitative estimate of drug-likeness (QED) is 0.860. The van der Waals surface area contributed by atoms with Crippen molar-refractivity contribution in [2.75, 3.05) is 0 Å². The molecule has 22 heavy (non-hydrogen) atoms. The lowest BCUT2D eigenvalue weighted by Gasteiger charge is -2.36. The van der Waals surface area contributed by atoms with Crippen molar-refractivity contribution in [3.63, 3.8) is 0 Å². The predicted octanol–water partition coefficient (Wildman–Crippen LogP) is 3.59. The average molecular weight is 326 g/mol. The summed E-state index contributed by atoms with van der Waals surface area (Å²) >= 11 is 0. The highest BCUT2D eigenvalue weighted by molar-refractivity contribution is 5.87. The minimum absolute atomic E-state index is 0.106. The van der Waals surface area contributed by atoms with E-state index in [-0.39, 0.29) is 24.9 Å². The Bertz CT molecular complexity index is 582. The van der Waals surface area contributed by atoms with E-state index >= 15 is 0 Å². The van der Waals surface area contributed by atoms with Gasteiger partial charge in [-0.15, -0.1) is 0 Å². The van der Waals surface area contributed by atoms with E-state index in [1.54, 1.807) is 0 Å². The molecule has 0 aromatic carbocycles. The van der Waals surface area contributed by atoms with E-state index in [1.807, 2.05) is 0 Å². The number of rotatable bonds is 4. The summed E-state index contributed by atoms with van der Waals surface area (Å²) in [5, 5.41) is 12.7. The van der Waals surface area contributed by atoms with Crippen LogP contribution in [0.4, 0.5) is 22.0 Å². The third-order valence-corrected chi connectivity index (χ3v) is 3.94. The Kier molecular flexibility index (Phi) is 3.95. The predicted molar refractivity (Wildman–Crippen MR) is 65.8 cm³/mol. The first-order valence-corrected chi connectivity index (χ1v) is 6.67. The maximum atomic E-state index is 13.4. The number of carboxylic acid groups (broad SMARTS) is 1. The zero-order chi connectivity index (χ0) is 16.9. The number of carbonyl (C=O) groups is 1. The molecule has 0 bridgehead atoms. The molecule has 0 radical (unpaired) electrons. The summed E-state index contributed by atoms with van der Waals surface area (Å²) in [7, 11) is 0. The lowest BCUT2D eigenvalue weighted by atomic mass is 9.74. The second-order valence-corrected chi connectivity index (χ2v) is 5.77. The normalized spacial score (nSPS) is 22.5. The van der Waals surface area contributed by atoms with Crippen molar-refractivity contribution >= 4 is 5.97 Å². The highest BCUT2D eigenvalue weighted by atomic mass is 19.4. The Morgan fingerprint density at radius 2 is 1.86 bits per heavy atom. The van der Waals surface area contributed by atoms with E-state index in [0.717, 1.165) is 4.68 Å². The van der Waals surface area contributed by atoms with Crippen LogP contribution in [0.25, 0.3) is 0 Å². The van der Waals surface area contributed by atoms with Crippen LogP contribution in [-0.2, 0) is 12.5 Å². The third kappa shape index (κ3) is 3.07. The fourth-order valence-corrected chi connectivity index (χ4v) is 2.77. The highest BCUT2D eigenvalue weighted by Gasteiger charge is 2.48. The molecule has 2 rings (SSSR count). The zero-order valence-electron chi connectivity index (χ0n) is 11.9. The molecule has 0 unspecified atom stereocenters. The van der Waals surface area contributed by atoms with Gasteiger partial charge < -0.3 is 5.11 Å². The number of hydrogen-bond donors (Lipinski definition) is 1. The van der Waals surface area contributed by atoms with E-state index in [0.29, 0.717) is 6.92 Å². The minimum Gasteiger partial charge on any atom is -0.477 e. The molecule has 1 heterocycles. The van der Waals surface area contributed by atoms with Crippen LogP contribution in [-0.4, -0.2) is 27.0 Å². The van der Waals surface area contributed by atoms with E-state index in [9.17, 15) is 26.7 Å². The van der Waals surface area contributed by atoms with Gasteiger partial charge in [0, 0.05) is 19.0 Å². The van der Waals surface area contributed by atoms with Gasteiger partial charge in [-0.1, -0.05) is 0 Å². The van der Waals surface area contributed by atoms with Crippen molar-refractivity contribution in [1.82, 2.24) is 9.78 Å². The van der Waals surface area contributed by atoms with Gasteiger partial charge in [0.25, 0.3) is 5.92 Å². The summed E-state index contributed by atoms with van der Waals surface area (Å²) < 4.78 is 65.0. The monoisotopic (exact) mass is 326 g/mol. The molecule has 1 fully saturated rings. The summed E-state index contributed by atoms with van der Waals surface area (Å²) in [4.78, 5) is 11.2. The smallest absolute Gasteiger partial charge is 0.391 e. The van der Waals surface area contributed by atoms with Crippen molar-refractivity contribution < 1.29 is 31.9 Å². The maximum Gasteiger partial charge on any atom is 0.391 e. The van der Waals surface area contributed by atoms with Crippen LogP contribution in [0.5, 0.6) is 0 Å². The van der Waals surface area contributed by atoms with Crippen LogP contribution in [0.3, 0.4) is 0 Å². The first-order chi connectivity index (χ1) is 9.91. The van der Waals surface area contributed by atoms with E-state index in [2.05, 4.69) is 5.10 Å². The number of nitrogens with zero attached hydrogens (tertiary/aromatic N) is 2. The molecule has 9 heteroatoms. The highest BCUT2D eigenvalue weighted by Crippen LogP contribution is 2.45. The van der Waals surface area contributed by atoms with Gasteiger partial charge in [-0.05, 0) is 25.7 Å². The number of carboxylic acids is 1. The van der Waals surface area contributed by atoms with Crippen LogP contribution in [0.15, 0.2) is 0 Å². The van der Waals surface area contributed by atoms with Gasteiger partial charge in [-0.2, -0.15) is 27.1 Å². The van der Waals surface area contributed by atoms with Gasteiger partial charge >= 0.3 is 12.1 Å². The third-order valence-electron chi connectivity index (χ3n) is 3.94. The first-order valence-electron chi connectivity index (χ1n) is 6.67. The number of alkyl halides is 5. The number of aromatic carboxylic acids is 1. The van der Waals surface area contributed by atoms with E-state index < -0.39 is 41.3 Å². The van der Waals surface area contributed by atoms with Crippen molar-refractivity contribution in [3.8, 4) is 0 Å². The molecule has 1 aromatic rings. The van der Waals surface area contributed by atoms with Crippen molar-refractivity contribution in [2.45, 2.75) is 45.3 Å². The topological polar surface area (TPSA) is 55.1 Å². The Morgan fingerprint density at radius 1 is 1.32 bits per heavy atom. The number of aromatic nitrogens is 2. The molecule has 0 atom stereocenters. The largest absolute Gasteiger partial charge is 0.477 e. The molecule has 1 N–H and O–H groups in total. The Morgan fingerprint density at radius 3 is 2.27 bits per heavy atom. The summed E-state index contributed by atoms with van der Waals surface area (Å²) in [6, 6.07) is 0. The molecule has 4 nitrogen and oxygen atoms in total. The van der Waals surface area contributed by atoms with Crippen molar-refractivity contribution in [1.29, 1.82) is 0 Å². The molecule has 1 aromatic heterocycles. The van der Waals surface area contributed by atoms with Gasteiger partial charge in [0.1, 0.15) is 11.4 Å². The molecular formula is C13H15F5N2O2. The van der Waals surface area contributed by atoms with Gasteiger partial charge in [0.05, 0.1) is 5.92 Å². The summed E-state index contributed by atoms with van der Waals surface area (Å²) in [5.74, 6) is -6.56. The molecule has 0 spiro atoms. The summed E-state index contributed by atoms with van der Waals surface area (Å²) in [6.45, 7) is 1.71. The molecule has 1 aliphatic carbocycles. The Hall–Kier alpha value is -1.67. The zero-order valence-corrected chi connectivity index (χ0v) is 11.9. The van der Waals surface area contributed by atoms with Gasteiger partial charge in [-0.3, -0.25) is 4.68 Å². The lowest BCUT2D eigenvalue weighted by molar-refractivity contribution is -0.205. The van der Waals surface area contributed by atoms with Crippen LogP contribution in [0, 0.1) is 18.8 Å². The molecule has 0 aliphatic heterocycles. The fourth-order valence-electron chi connectivity index (χ4n) is 2.77. The molecule has 0 amide bonds. The van der Waals surface area contributed by atoms with E-state index in [4.69, 9.17) is 5.11 Å². The molecule has 1 aliphatic rings. The molecule has 1 saturated carbocycles. The SMILES string of the molecule is Cc1c(C(C)(F)F)nn(CC2CC(C(F)(F)F)C2)c1C(=O)O. The maximum absolute atomic E-state index is 13.4. The van der Waals surface area contributed by atoms with Crippen LogP contribution in [0.1, 0.15) is 41.5 Å². The second kappa shape index (κ2) is 5.20.